The molecule has 134 valence electrons. The van der Waals surface area contributed by atoms with Crippen LogP contribution in [0.1, 0.15) is 16.1 Å². The van der Waals surface area contributed by atoms with E-state index in [9.17, 15) is 9.59 Å². The molecule has 2 N–H and O–H groups in total. The molecule has 0 aliphatic rings. The number of carbonyl (C=O) groups is 1. The van der Waals surface area contributed by atoms with Gasteiger partial charge in [-0.05, 0) is 49.4 Å². The first-order valence-electron chi connectivity index (χ1n) is 7.63. The van der Waals surface area contributed by atoms with E-state index < -0.39 is 11.5 Å². The zero-order valence-corrected chi connectivity index (χ0v) is 15.5. The topological polar surface area (TPSA) is 76.1 Å². The van der Waals surface area contributed by atoms with Crippen LogP contribution in [0.15, 0.2) is 47.3 Å². The van der Waals surface area contributed by atoms with Crippen LogP contribution in [-0.2, 0) is 0 Å². The van der Waals surface area contributed by atoms with Crippen LogP contribution in [0, 0.1) is 6.92 Å². The van der Waals surface area contributed by atoms with Crippen molar-refractivity contribution in [2.45, 2.75) is 6.92 Å². The third kappa shape index (κ3) is 3.47. The molecule has 0 aliphatic heterocycles. The number of nitrogens with one attached hydrogen (secondary N) is 2. The standard InChI is InChI=1S/C18H15Cl2N3O3/c1-10-16(17(24)21-11-3-8-14(19)15(20)9-11)18(25)23(22-10)12-4-6-13(26-2)7-5-12/h3-9,22H,1-2H3,(H,21,24). The molecule has 2 aromatic carbocycles. The molecule has 0 bridgehead atoms. The van der Waals surface area contributed by atoms with Gasteiger partial charge >= 0.3 is 0 Å². The van der Waals surface area contributed by atoms with E-state index in [2.05, 4.69) is 10.4 Å². The van der Waals surface area contributed by atoms with E-state index in [1.807, 2.05) is 0 Å². The maximum atomic E-state index is 12.7. The van der Waals surface area contributed by atoms with Crippen LogP contribution in [-0.4, -0.2) is 22.8 Å². The number of rotatable bonds is 4. The molecule has 0 radical (unpaired) electrons. The Morgan fingerprint density at radius 3 is 2.42 bits per heavy atom. The van der Waals surface area contributed by atoms with Crippen LogP contribution in [0.5, 0.6) is 5.75 Å². The Labute approximate surface area is 159 Å². The molecule has 0 saturated carbocycles. The first kappa shape index (κ1) is 18.1. The fraction of sp³-hybridized carbons (Fsp3) is 0.111. The minimum atomic E-state index is -0.533. The molecular formula is C18H15Cl2N3O3. The molecule has 0 fully saturated rings. The predicted octanol–water partition coefficient (Wildman–Crippen LogP) is 4.04. The number of H-pyrrole nitrogens is 1. The monoisotopic (exact) mass is 391 g/mol. The van der Waals surface area contributed by atoms with Gasteiger partial charge in [0, 0.05) is 11.4 Å². The van der Waals surface area contributed by atoms with Crippen molar-refractivity contribution >= 4 is 34.8 Å². The SMILES string of the molecule is COc1ccc(-n2[nH]c(C)c(C(=O)Nc3ccc(Cl)c(Cl)c3)c2=O)cc1. The van der Waals surface area contributed by atoms with Gasteiger partial charge < -0.3 is 10.1 Å². The van der Waals surface area contributed by atoms with Gasteiger partial charge in [0.25, 0.3) is 11.5 Å². The maximum absolute atomic E-state index is 12.7. The molecule has 8 heteroatoms. The quantitative estimate of drug-likeness (QED) is 0.704. The molecule has 1 heterocycles. The molecule has 26 heavy (non-hydrogen) atoms. The highest BCUT2D eigenvalue weighted by Gasteiger charge is 2.20. The van der Waals surface area contributed by atoms with Crippen molar-refractivity contribution in [1.29, 1.82) is 0 Å². The molecular weight excluding hydrogens is 377 g/mol. The van der Waals surface area contributed by atoms with Crippen molar-refractivity contribution in [3.8, 4) is 11.4 Å². The lowest BCUT2D eigenvalue weighted by molar-refractivity contribution is 0.102. The van der Waals surface area contributed by atoms with Gasteiger partial charge in [-0.25, -0.2) is 4.68 Å². The van der Waals surface area contributed by atoms with Crippen molar-refractivity contribution in [2.75, 3.05) is 12.4 Å². The van der Waals surface area contributed by atoms with Crippen LogP contribution in [0.25, 0.3) is 5.69 Å². The predicted molar refractivity (Wildman–Crippen MR) is 102 cm³/mol. The van der Waals surface area contributed by atoms with Crippen LogP contribution >= 0.6 is 23.2 Å². The highest BCUT2D eigenvalue weighted by atomic mass is 35.5. The highest BCUT2D eigenvalue weighted by molar-refractivity contribution is 6.42. The first-order chi connectivity index (χ1) is 12.4. The number of aromatic amines is 1. The van der Waals surface area contributed by atoms with Crippen molar-refractivity contribution in [2.24, 2.45) is 0 Å². The van der Waals surface area contributed by atoms with Gasteiger partial charge in [-0.3, -0.25) is 14.7 Å². The number of anilines is 1. The van der Waals surface area contributed by atoms with Crippen molar-refractivity contribution in [1.82, 2.24) is 9.78 Å². The number of aromatic nitrogens is 2. The lowest BCUT2D eigenvalue weighted by Crippen LogP contribution is -2.24. The van der Waals surface area contributed by atoms with E-state index >= 15 is 0 Å². The lowest BCUT2D eigenvalue weighted by Gasteiger charge is -2.05. The molecule has 0 spiro atoms. The normalized spacial score (nSPS) is 10.6. The first-order valence-corrected chi connectivity index (χ1v) is 8.38. The third-order valence-electron chi connectivity index (χ3n) is 3.81. The van der Waals surface area contributed by atoms with Crippen molar-refractivity contribution in [3.63, 3.8) is 0 Å². The summed E-state index contributed by atoms with van der Waals surface area (Å²) >= 11 is 11.8. The summed E-state index contributed by atoms with van der Waals surface area (Å²) in [5, 5.41) is 6.25. The summed E-state index contributed by atoms with van der Waals surface area (Å²) in [6, 6.07) is 11.6. The van der Waals surface area contributed by atoms with Crippen molar-refractivity contribution in [3.05, 3.63) is 74.1 Å². The largest absolute Gasteiger partial charge is 0.497 e. The summed E-state index contributed by atoms with van der Waals surface area (Å²) in [6.07, 6.45) is 0. The fourth-order valence-electron chi connectivity index (χ4n) is 2.49. The van der Waals surface area contributed by atoms with Crippen LogP contribution in [0.2, 0.25) is 10.0 Å². The molecule has 3 rings (SSSR count). The molecule has 6 nitrogen and oxygen atoms in total. The Hall–Kier alpha value is -2.70. The number of carbonyl (C=O) groups excluding carboxylic acids is 1. The zero-order valence-electron chi connectivity index (χ0n) is 14.0. The molecule has 0 unspecified atom stereocenters. The molecule has 1 amide bonds. The fourth-order valence-corrected chi connectivity index (χ4v) is 2.79. The van der Waals surface area contributed by atoms with Crippen LogP contribution < -0.4 is 15.6 Å². The second kappa shape index (κ2) is 7.27. The highest BCUT2D eigenvalue weighted by Crippen LogP contribution is 2.25. The second-order valence-corrected chi connectivity index (χ2v) is 6.35. The van der Waals surface area contributed by atoms with E-state index in [4.69, 9.17) is 27.9 Å². The second-order valence-electron chi connectivity index (χ2n) is 5.53. The average Bonchev–Trinajstić information content (AvgIpc) is 2.92. The van der Waals surface area contributed by atoms with Gasteiger partial charge in [-0.15, -0.1) is 0 Å². The molecule has 0 aliphatic carbocycles. The average molecular weight is 392 g/mol. The zero-order chi connectivity index (χ0) is 18.8. The molecule has 3 aromatic rings. The third-order valence-corrected chi connectivity index (χ3v) is 4.55. The van der Waals surface area contributed by atoms with E-state index in [1.165, 1.54) is 10.7 Å². The van der Waals surface area contributed by atoms with E-state index in [-0.39, 0.29) is 5.56 Å². The summed E-state index contributed by atoms with van der Waals surface area (Å²) in [5.41, 5.74) is 1.05. The summed E-state index contributed by atoms with van der Waals surface area (Å²) in [7, 11) is 1.56. The number of hydrogen-bond acceptors (Lipinski definition) is 3. The Bertz CT molecular complexity index is 1020. The van der Waals surface area contributed by atoms with Gasteiger partial charge in [-0.2, -0.15) is 0 Å². The number of nitrogens with zero attached hydrogens (tertiary/aromatic N) is 1. The minimum absolute atomic E-state index is 0.0203. The summed E-state index contributed by atoms with van der Waals surface area (Å²) in [4.78, 5) is 25.2. The van der Waals surface area contributed by atoms with Gasteiger partial charge in [-0.1, -0.05) is 23.2 Å². The van der Waals surface area contributed by atoms with Gasteiger partial charge in [0.15, 0.2) is 0 Å². The molecule has 0 saturated heterocycles. The molecule has 0 atom stereocenters. The summed E-state index contributed by atoms with van der Waals surface area (Å²) in [5.74, 6) is 0.136. The van der Waals surface area contributed by atoms with Crippen molar-refractivity contribution < 1.29 is 9.53 Å². The smallest absolute Gasteiger partial charge is 0.284 e. The summed E-state index contributed by atoms with van der Waals surface area (Å²) < 4.78 is 6.41. The van der Waals surface area contributed by atoms with Gasteiger partial charge in [0.05, 0.1) is 22.8 Å². The van der Waals surface area contributed by atoms with Gasteiger partial charge in [0.2, 0.25) is 0 Å². The minimum Gasteiger partial charge on any atom is -0.497 e. The number of hydrogen-bond donors (Lipinski definition) is 2. The number of ether oxygens (including phenoxy) is 1. The number of aryl methyl sites for hydroxylation is 1. The Kier molecular flexibility index (Phi) is 5.06. The van der Waals surface area contributed by atoms with Gasteiger partial charge in [0.1, 0.15) is 11.3 Å². The van der Waals surface area contributed by atoms with E-state index in [0.717, 1.165) is 0 Å². The maximum Gasteiger partial charge on any atom is 0.284 e. The van der Waals surface area contributed by atoms with E-state index in [1.54, 1.807) is 50.4 Å². The Balaban J connectivity index is 1.92. The summed E-state index contributed by atoms with van der Waals surface area (Å²) in [6.45, 7) is 1.66. The Morgan fingerprint density at radius 2 is 1.81 bits per heavy atom. The van der Waals surface area contributed by atoms with Crippen LogP contribution in [0.3, 0.4) is 0 Å². The Morgan fingerprint density at radius 1 is 1.12 bits per heavy atom. The number of halogens is 2. The number of methoxy groups -OCH3 is 1. The lowest BCUT2D eigenvalue weighted by atomic mass is 10.2. The van der Waals surface area contributed by atoms with Crippen LogP contribution in [0.4, 0.5) is 5.69 Å². The molecule has 1 aromatic heterocycles. The number of benzene rings is 2. The number of amides is 1. The van der Waals surface area contributed by atoms with E-state index in [0.29, 0.717) is 32.9 Å².